The summed E-state index contributed by atoms with van der Waals surface area (Å²) in [5, 5.41) is 3.47. The number of hydrogen-bond acceptors (Lipinski definition) is 6. The maximum absolute atomic E-state index is 12.0. The first kappa shape index (κ1) is 19.1. The summed E-state index contributed by atoms with van der Waals surface area (Å²) in [4.78, 5) is 20.5. The van der Waals surface area contributed by atoms with Gasteiger partial charge in [0.05, 0.1) is 24.9 Å². The van der Waals surface area contributed by atoms with E-state index in [1.54, 1.807) is 25.2 Å². The van der Waals surface area contributed by atoms with E-state index in [4.69, 9.17) is 9.47 Å². The first-order valence-electron chi connectivity index (χ1n) is 9.40. The van der Waals surface area contributed by atoms with Gasteiger partial charge in [-0.3, -0.25) is 9.69 Å². The molecule has 2 fully saturated rings. The standard InChI is InChI=1S/C19H30N4O3/c1-4-26-16-11-19(12-16,23-7-9-25-10-8-23)14-21-17-6-5-15(13-20-17)18(24)22(2)3/h5-6,13,16H,4,7-12,14H2,1-3H3,(H,20,21). The van der Waals surface area contributed by atoms with E-state index in [2.05, 4.69) is 15.2 Å². The van der Waals surface area contributed by atoms with Gasteiger partial charge >= 0.3 is 0 Å². The van der Waals surface area contributed by atoms with Gasteiger partial charge in [0.15, 0.2) is 0 Å². The Balaban J connectivity index is 1.62. The Hall–Kier alpha value is -1.70. The van der Waals surface area contributed by atoms with Gasteiger partial charge in [-0.1, -0.05) is 0 Å². The van der Waals surface area contributed by atoms with Crippen LogP contribution in [0.2, 0.25) is 0 Å². The van der Waals surface area contributed by atoms with Crippen molar-refractivity contribution in [2.45, 2.75) is 31.4 Å². The maximum Gasteiger partial charge on any atom is 0.254 e. The van der Waals surface area contributed by atoms with E-state index in [1.807, 2.05) is 19.1 Å². The third-order valence-corrected chi connectivity index (χ3v) is 5.31. The number of anilines is 1. The second kappa shape index (κ2) is 8.33. The molecule has 1 aliphatic heterocycles. The molecule has 1 aromatic rings. The Kier molecular flexibility index (Phi) is 6.11. The number of amides is 1. The highest BCUT2D eigenvalue weighted by molar-refractivity contribution is 5.93. The molecule has 0 bridgehead atoms. The van der Waals surface area contributed by atoms with Gasteiger partial charge in [-0.2, -0.15) is 0 Å². The van der Waals surface area contributed by atoms with Crippen molar-refractivity contribution in [3.63, 3.8) is 0 Å². The number of pyridine rings is 1. The second-order valence-corrected chi connectivity index (χ2v) is 7.29. The van der Waals surface area contributed by atoms with E-state index >= 15 is 0 Å². The second-order valence-electron chi connectivity index (χ2n) is 7.29. The molecule has 1 amide bonds. The molecule has 0 atom stereocenters. The fourth-order valence-corrected chi connectivity index (χ4v) is 3.83. The monoisotopic (exact) mass is 362 g/mol. The van der Waals surface area contributed by atoms with Crippen molar-refractivity contribution in [1.29, 1.82) is 0 Å². The smallest absolute Gasteiger partial charge is 0.254 e. The molecule has 0 aromatic carbocycles. The molecule has 0 unspecified atom stereocenters. The van der Waals surface area contributed by atoms with Crippen LogP contribution >= 0.6 is 0 Å². The molecular weight excluding hydrogens is 332 g/mol. The lowest BCUT2D eigenvalue weighted by Gasteiger charge is -2.55. The molecule has 3 rings (SSSR count). The van der Waals surface area contributed by atoms with Crippen molar-refractivity contribution in [3.05, 3.63) is 23.9 Å². The van der Waals surface area contributed by atoms with Gasteiger partial charge in [-0.15, -0.1) is 0 Å². The number of nitrogens with zero attached hydrogens (tertiary/aromatic N) is 3. The Bertz CT molecular complexity index is 593. The van der Waals surface area contributed by atoms with E-state index in [0.29, 0.717) is 11.7 Å². The molecule has 2 aliphatic rings. The Morgan fingerprint density at radius 2 is 2.12 bits per heavy atom. The van der Waals surface area contributed by atoms with Crippen LogP contribution in [0.15, 0.2) is 18.3 Å². The molecule has 0 radical (unpaired) electrons. The van der Waals surface area contributed by atoms with Crippen LogP contribution in [-0.4, -0.2) is 85.9 Å². The summed E-state index contributed by atoms with van der Waals surface area (Å²) in [6, 6.07) is 3.70. The fraction of sp³-hybridized carbons (Fsp3) is 0.684. The molecule has 7 heteroatoms. The van der Waals surface area contributed by atoms with Gasteiger partial charge < -0.3 is 19.7 Å². The maximum atomic E-state index is 12.0. The number of carbonyl (C=O) groups is 1. The van der Waals surface area contributed by atoms with Crippen molar-refractivity contribution >= 4 is 11.7 Å². The molecule has 1 aromatic heterocycles. The van der Waals surface area contributed by atoms with Crippen LogP contribution in [-0.2, 0) is 9.47 Å². The van der Waals surface area contributed by atoms with Crippen molar-refractivity contribution < 1.29 is 14.3 Å². The lowest BCUT2D eigenvalue weighted by molar-refractivity contribution is -0.121. The van der Waals surface area contributed by atoms with Crippen LogP contribution in [0.25, 0.3) is 0 Å². The third kappa shape index (κ3) is 4.16. The zero-order chi connectivity index (χ0) is 18.6. The highest BCUT2D eigenvalue weighted by Crippen LogP contribution is 2.40. The normalized spacial score (nSPS) is 26.2. The van der Waals surface area contributed by atoms with Crippen LogP contribution in [0.4, 0.5) is 5.82 Å². The summed E-state index contributed by atoms with van der Waals surface area (Å²) >= 11 is 0. The average Bonchev–Trinajstić information content (AvgIpc) is 2.64. The Morgan fingerprint density at radius 3 is 2.69 bits per heavy atom. The van der Waals surface area contributed by atoms with Crippen LogP contribution in [0.3, 0.4) is 0 Å². The Labute approximate surface area is 155 Å². The van der Waals surface area contributed by atoms with Gasteiger partial charge in [0, 0.05) is 52.1 Å². The van der Waals surface area contributed by atoms with Crippen molar-refractivity contribution in [3.8, 4) is 0 Å². The summed E-state index contributed by atoms with van der Waals surface area (Å²) in [5.74, 6) is 0.764. The molecule has 1 aliphatic carbocycles. The van der Waals surface area contributed by atoms with Crippen LogP contribution in [0.1, 0.15) is 30.1 Å². The third-order valence-electron chi connectivity index (χ3n) is 5.31. The number of ether oxygens (including phenoxy) is 2. The summed E-state index contributed by atoms with van der Waals surface area (Å²) < 4.78 is 11.3. The van der Waals surface area contributed by atoms with Crippen molar-refractivity contribution in [2.75, 3.05) is 58.9 Å². The van der Waals surface area contributed by atoms with E-state index in [0.717, 1.165) is 58.1 Å². The first-order valence-corrected chi connectivity index (χ1v) is 9.40. The lowest BCUT2D eigenvalue weighted by Crippen LogP contribution is -2.65. The number of aromatic nitrogens is 1. The van der Waals surface area contributed by atoms with E-state index in [9.17, 15) is 4.79 Å². The number of hydrogen-bond donors (Lipinski definition) is 1. The molecular formula is C19H30N4O3. The Morgan fingerprint density at radius 1 is 1.38 bits per heavy atom. The summed E-state index contributed by atoms with van der Waals surface area (Å²) in [7, 11) is 3.48. The van der Waals surface area contributed by atoms with E-state index < -0.39 is 0 Å². The number of nitrogens with one attached hydrogen (secondary N) is 1. The number of carbonyl (C=O) groups excluding carboxylic acids is 1. The minimum absolute atomic E-state index is 0.0348. The predicted octanol–water partition coefficient (Wildman–Crippen LogP) is 1.47. The molecule has 0 spiro atoms. The lowest BCUT2D eigenvalue weighted by atomic mass is 9.72. The minimum atomic E-state index is -0.0348. The highest BCUT2D eigenvalue weighted by Gasteiger charge is 2.49. The topological polar surface area (TPSA) is 66.9 Å². The molecule has 7 nitrogen and oxygen atoms in total. The van der Waals surface area contributed by atoms with Crippen LogP contribution < -0.4 is 5.32 Å². The SMILES string of the molecule is CCOC1CC(CNc2ccc(C(=O)N(C)C)cn2)(N2CCOCC2)C1. The van der Waals surface area contributed by atoms with Crippen LogP contribution in [0, 0.1) is 0 Å². The fourth-order valence-electron chi connectivity index (χ4n) is 3.83. The minimum Gasteiger partial charge on any atom is -0.379 e. The largest absolute Gasteiger partial charge is 0.379 e. The van der Waals surface area contributed by atoms with Gasteiger partial charge in [-0.05, 0) is 31.9 Å². The number of morpholine rings is 1. The quantitative estimate of drug-likeness (QED) is 0.792. The molecule has 26 heavy (non-hydrogen) atoms. The first-order chi connectivity index (χ1) is 12.5. The molecule has 1 saturated carbocycles. The number of rotatable bonds is 7. The average molecular weight is 362 g/mol. The molecule has 1 saturated heterocycles. The van der Waals surface area contributed by atoms with E-state index in [-0.39, 0.29) is 11.4 Å². The van der Waals surface area contributed by atoms with Gasteiger partial charge in [0.1, 0.15) is 5.82 Å². The summed E-state index contributed by atoms with van der Waals surface area (Å²) in [6.45, 7) is 7.15. The molecule has 2 heterocycles. The molecule has 1 N–H and O–H groups in total. The van der Waals surface area contributed by atoms with Crippen LogP contribution in [0.5, 0.6) is 0 Å². The van der Waals surface area contributed by atoms with Gasteiger partial charge in [-0.25, -0.2) is 4.98 Å². The summed E-state index contributed by atoms with van der Waals surface area (Å²) in [5.41, 5.74) is 0.701. The summed E-state index contributed by atoms with van der Waals surface area (Å²) in [6.07, 6.45) is 4.05. The van der Waals surface area contributed by atoms with Crippen molar-refractivity contribution in [2.24, 2.45) is 0 Å². The zero-order valence-corrected chi connectivity index (χ0v) is 16.0. The molecule has 144 valence electrons. The van der Waals surface area contributed by atoms with Gasteiger partial charge in [0.2, 0.25) is 0 Å². The zero-order valence-electron chi connectivity index (χ0n) is 16.0. The predicted molar refractivity (Wildman–Crippen MR) is 101 cm³/mol. The van der Waals surface area contributed by atoms with Crippen molar-refractivity contribution in [1.82, 2.24) is 14.8 Å². The highest BCUT2D eigenvalue weighted by atomic mass is 16.5. The van der Waals surface area contributed by atoms with E-state index in [1.165, 1.54) is 0 Å². The van der Waals surface area contributed by atoms with Gasteiger partial charge in [0.25, 0.3) is 5.91 Å².